The Hall–Kier alpha value is -3.67. The van der Waals surface area contributed by atoms with Crippen molar-refractivity contribution in [2.24, 2.45) is 0 Å². The van der Waals surface area contributed by atoms with Gasteiger partial charge in [0, 0.05) is 19.3 Å². The number of ether oxygens (including phenoxy) is 3. The summed E-state index contributed by atoms with van der Waals surface area (Å²) < 4.78 is 16.8. The van der Waals surface area contributed by atoms with Crippen LogP contribution in [-0.2, 0) is 28.6 Å². The number of esters is 3. The van der Waals surface area contributed by atoms with E-state index in [4.69, 9.17) is 14.2 Å². The van der Waals surface area contributed by atoms with Crippen LogP contribution < -0.4 is 0 Å². The molecule has 376 valence electrons. The van der Waals surface area contributed by atoms with Gasteiger partial charge in [0.15, 0.2) is 6.10 Å². The number of carbonyl (C=O) groups excluding carboxylic acids is 3. The van der Waals surface area contributed by atoms with Gasteiger partial charge in [-0.05, 0) is 116 Å². The van der Waals surface area contributed by atoms with Crippen LogP contribution in [0.4, 0.5) is 0 Å². The highest BCUT2D eigenvalue weighted by atomic mass is 16.6. The molecule has 6 heteroatoms. The van der Waals surface area contributed by atoms with Crippen molar-refractivity contribution in [2.75, 3.05) is 13.2 Å². The van der Waals surface area contributed by atoms with Gasteiger partial charge in [0.2, 0.25) is 0 Å². The van der Waals surface area contributed by atoms with E-state index >= 15 is 0 Å². The Bertz CT molecular complexity index is 1330. The standard InChI is InChI=1S/C60H100O6/c1-4-7-10-13-16-19-22-25-27-29-30-32-33-35-38-41-44-47-50-53-59(62)65-56-57(55-64-58(61)52-49-46-43-40-37-24-21-18-15-12-9-6-3)66-60(63)54-51-48-45-42-39-36-34-31-28-26-23-20-17-14-11-8-5-2/h7,9-10,12,16,18-19,21,25-28,30,32,35,38,57H,4-6,8,11,13-15,17,20,22-24,29,31,33-34,36-37,39-56H2,1-3H3/b10-7-,12-9-,19-16-,21-18-,27-25-,28-26-,32-30-,38-35-. The molecule has 1 unspecified atom stereocenters. The zero-order valence-corrected chi connectivity index (χ0v) is 42.9. The van der Waals surface area contributed by atoms with Crippen LogP contribution in [0.1, 0.15) is 245 Å². The van der Waals surface area contributed by atoms with E-state index in [9.17, 15) is 14.4 Å². The third-order valence-corrected chi connectivity index (χ3v) is 11.3. The summed E-state index contributed by atoms with van der Waals surface area (Å²) in [5.41, 5.74) is 0. The summed E-state index contributed by atoms with van der Waals surface area (Å²) in [4.78, 5) is 38.1. The van der Waals surface area contributed by atoms with Gasteiger partial charge < -0.3 is 14.2 Å². The van der Waals surface area contributed by atoms with Crippen LogP contribution in [0.15, 0.2) is 97.2 Å². The lowest BCUT2D eigenvalue weighted by Crippen LogP contribution is -2.30. The molecule has 0 aliphatic heterocycles. The SMILES string of the molecule is CC/C=C\C/C=C\C/C=C\C/C=C\C/C=C\CCCCCC(=O)OCC(COC(=O)CCCCCCC/C=C\C/C=C\CC)OC(=O)CCCCCCCCC/C=C\CCCCCCCC. The molecule has 0 aromatic heterocycles. The van der Waals surface area contributed by atoms with Crippen molar-refractivity contribution in [1.82, 2.24) is 0 Å². The van der Waals surface area contributed by atoms with Crippen LogP contribution in [0.5, 0.6) is 0 Å². The van der Waals surface area contributed by atoms with E-state index in [1.165, 1.54) is 77.0 Å². The predicted octanol–water partition coefficient (Wildman–Crippen LogP) is 18.1. The minimum absolute atomic E-state index is 0.0981. The summed E-state index contributed by atoms with van der Waals surface area (Å²) in [5, 5.41) is 0. The average molecular weight is 917 g/mol. The summed E-state index contributed by atoms with van der Waals surface area (Å²) in [6.45, 7) is 6.37. The molecule has 1 atom stereocenters. The first-order valence-corrected chi connectivity index (χ1v) is 27.2. The lowest BCUT2D eigenvalue weighted by atomic mass is 10.1. The minimum Gasteiger partial charge on any atom is -0.462 e. The maximum atomic E-state index is 12.8. The normalized spacial score (nSPS) is 12.8. The first kappa shape index (κ1) is 62.3. The van der Waals surface area contributed by atoms with Crippen LogP contribution in [0, 0.1) is 0 Å². The van der Waals surface area contributed by atoms with Gasteiger partial charge in [-0.3, -0.25) is 14.4 Å². The Morgan fingerprint density at radius 1 is 0.318 bits per heavy atom. The van der Waals surface area contributed by atoms with E-state index in [1.807, 2.05) is 0 Å². The second-order valence-corrected chi connectivity index (χ2v) is 17.7. The predicted molar refractivity (Wildman–Crippen MR) is 284 cm³/mol. The summed E-state index contributed by atoms with van der Waals surface area (Å²) in [5.74, 6) is -0.949. The van der Waals surface area contributed by atoms with Crippen LogP contribution in [0.3, 0.4) is 0 Å². The summed E-state index contributed by atoms with van der Waals surface area (Å²) in [6.07, 6.45) is 71.1. The molecule has 0 heterocycles. The number of allylic oxidation sites excluding steroid dienone is 16. The minimum atomic E-state index is -0.800. The van der Waals surface area contributed by atoms with Crippen molar-refractivity contribution >= 4 is 17.9 Å². The van der Waals surface area contributed by atoms with Crippen LogP contribution in [-0.4, -0.2) is 37.2 Å². The molecule has 66 heavy (non-hydrogen) atoms. The molecule has 0 aliphatic carbocycles. The lowest BCUT2D eigenvalue weighted by molar-refractivity contribution is -0.167. The molecule has 0 spiro atoms. The Morgan fingerprint density at radius 2 is 0.591 bits per heavy atom. The van der Waals surface area contributed by atoms with Crippen molar-refractivity contribution < 1.29 is 28.6 Å². The zero-order valence-electron chi connectivity index (χ0n) is 42.9. The van der Waals surface area contributed by atoms with Gasteiger partial charge in [0.1, 0.15) is 13.2 Å². The molecule has 0 saturated heterocycles. The average Bonchev–Trinajstić information content (AvgIpc) is 3.31. The largest absolute Gasteiger partial charge is 0.462 e. The highest BCUT2D eigenvalue weighted by molar-refractivity contribution is 5.71. The Balaban J connectivity index is 4.45. The molecule has 0 aliphatic rings. The molecular weight excluding hydrogens is 817 g/mol. The fourth-order valence-corrected chi connectivity index (χ4v) is 7.27. The topological polar surface area (TPSA) is 78.9 Å². The molecule has 0 saturated carbocycles. The first-order chi connectivity index (χ1) is 32.5. The maximum Gasteiger partial charge on any atom is 0.306 e. The third kappa shape index (κ3) is 51.3. The van der Waals surface area contributed by atoms with E-state index in [-0.39, 0.29) is 31.1 Å². The molecular formula is C60H100O6. The molecule has 6 nitrogen and oxygen atoms in total. The quantitative estimate of drug-likeness (QED) is 0.0262. The van der Waals surface area contributed by atoms with Gasteiger partial charge >= 0.3 is 17.9 Å². The summed E-state index contributed by atoms with van der Waals surface area (Å²) in [7, 11) is 0. The monoisotopic (exact) mass is 917 g/mol. The van der Waals surface area contributed by atoms with Gasteiger partial charge in [-0.2, -0.15) is 0 Å². The van der Waals surface area contributed by atoms with Crippen LogP contribution >= 0.6 is 0 Å². The highest BCUT2D eigenvalue weighted by Crippen LogP contribution is 2.14. The van der Waals surface area contributed by atoms with E-state index in [0.29, 0.717) is 19.3 Å². The van der Waals surface area contributed by atoms with Gasteiger partial charge in [-0.1, -0.05) is 208 Å². The highest BCUT2D eigenvalue weighted by Gasteiger charge is 2.19. The van der Waals surface area contributed by atoms with Crippen molar-refractivity contribution in [1.29, 1.82) is 0 Å². The number of carbonyl (C=O) groups is 3. The van der Waals surface area contributed by atoms with Gasteiger partial charge in [0.05, 0.1) is 0 Å². The summed E-state index contributed by atoms with van der Waals surface area (Å²) >= 11 is 0. The van der Waals surface area contributed by atoms with Gasteiger partial charge in [0.25, 0.3) is 0 Å². The Morgan fingerprint density at radius 3 is 0.955 bits per heavy atom. The van der Waals surface area contributed by atoms with Crippen molar-refractivity contribution in [2.45, 2.75) is 252 Å². The fraction of sp³-hybridized carbons (Fsp3) is 0.683. The third-order valence-electron chi connectivity index (χ3n) is 11.3. The number of rotatable bonds is 48. The molecule has 0 bridgehead atoms. The first-order valence-electron chi connectivity index (χ1n) is 27.2. The van der Waals surface area contributed by atoms with E-state index < -0.39 is 6.10 Å². The van der Waals surface area contributed by atoms with E-state index in [1.54, 1.807) is 0 Å². The van der Waals surface area contributed by atoms with E-state index in [2.05, 4.69) is 118 Å². The zero-order chi connectivity index (χ0) is 47.9. The van der Waals surface area contributed by atoms with Gasteiger partial charge in [-0.15, -0.1) is 0 Å². The molecule has 0 aromatic rings. The number of hydrogen-bond donors (Lipinski definition) is 0. The molecule has 0 fully saturated rings. The van der Waals surface area contributed by atoms with E-state index in [0.717, 1.165) is 128 Å². The summed E-state index contributed by atoms with van der Waals surface area (Å²) in [6, 6.07) is 0. The van der Waals surface area contributed by atoms with Crippen LogP contribution in [0.2, 0.25) is 0 Å². The maximum absolute atomic E-state index is 12.8. The van der Waals surface area contributed by atoms with Gasteiger partial charge in [-0.25, -0.2) is 0 Å². The molecule has 0 amide bonds. The lowest BCUT2D eigenvalue weighted by Gasteiger charge is -2.18. The Labute approximate surface area is 407 Å². The molecule has 0 aromatic carbocycles. The van der Waals surface area contributed by atoms with Crippen LogP contribution in [0.25, 0.3) is 0 Å². The van der Waals surface area contributed by atoms with Crippen molar-refractivity contribution in [3.63, 3.8) is 0 Å². The second-order valence-electron chi connectivity index (χ2n) is 17.7. The second kappa shape index (κ2) is 53.9. The molecule has 0 radical (unpaired) electrons. The fourth-order valence-electron chi connectivity index (χ4n) is 7.27. The Kier molecular flexibility index (Phi) is 50.9. The number of hydrogen-bond acceptors (Lipinski definition) is 6. The van der Waals surface area contributed by atoms with Crippen molar-refractivity contribution in [3.05, 3.63) is 97.2 Å². The molecule has 0 rings (SSSR count). The van der Waals surface area contributed by atoms with Crippen molar-refractivity contribution in [3.8, 4) is 0 Å². The molecule has 0 N–H and O–H groups in total. The number of unbranched alkanes of at least 4 members (excludes halogenated alkanes) is 21. The smallest absolute Gasteiger partial charge is 0.306 e.